The third-order valence-electron chi connectivity index (χ3n) is 3.68. The second kappa shape index (κ2) is 8.40. The van der Waals surface area contributed by atoms with E-state index in [1.807, 2.05) is 62.9 Å². The van der Waals surface area contributed by atoms with Crippen LogP contribution in [-0.4, -0.2) is 51.1 Å². The minimum Gasteiger partial charge on any atom is -0.350 e. The number of benzene rings is 1. The number of hydrogen-bond acceptors (Lipinski definition) is 4. The fourth-order valence-corrected chi connectivity index (χ4v) is 3.10. The summed E-state index contributed by atoms with van der Waals surface area (Å²) >= 11 is 1.54. The number of nitrogens with one attached hydrogen (secondary N) is 1. The first-order chi connectivity index (χ1) is 12.2. The summed E-state index contributed by atoms with van der Waals surface area (Å²) in [7, 11) is 0. The zero-order valence-corrected chi connectivity index (χ0v) is 16.8. The molecule has 1 aromatic carbocycles. The molecule has 0 spiro atoms. The van der Waals surface area contributed by atoms with Crippen LogP contribution in [0, 0.1) is 0 Å². The van der Waals surface area contributed by atoms with E-state index in [2.05, 4.69) is 10.3 Å². The molecule has 0 aliphatic heterocycles. The van der Waals surface area contributed by atoms with Crippen LogP contribution in [-0.2, 0) is 4.79 Å². The predicted octanol–water partition coefficient (Wildman–Crippen LogP) is 2.97. The molecule has 0 fully saturated rings. The van der Waals surface area contributed by atoms with Crippen molar-refractivity contribution >= 4 is 23.6 Å². The van der Waals surface area contributed by atoms with E-state index in [0.29, 0.717) is 12.1 Å². The van der Waals surface area contributed by atoms with Gasteiger partial charge in [0.25, 0.3) is 5.91 Å². The topological polar surface area (TPSA) is 67.2 Å². The van der Waals surface area contributed by atoms with Gasteiger partial charge in [0.15, 0.2) is 5.16 Å². The molecule has 0 atom stereocenters. The molecule has 0 aliphatic rings. The smallest absolute Gasteiger partial charge is 0.254 e. The highest BCUT2D eigenvalue weighted by molar-refractivity contribution is 7.98. The predicted molar refractivity (Wildman–Crippen MR) is 105 cm³/mol. The number of nitrogens with zero attached hydrogens (tertiary/aromatic N) is 3. The number of likely N-dealkylation sites (N-methyl/N-ethyl adjacent to an activating group) is 1. The van der Waals surface area contributed by atoms with E-state index in [9.17, 15) is 9.59 Å². The maximum atomic E-state index is 12.9. The number of aromatic nitrogens is 2. The van der Waals surface area contributed by atoms with E-state index in [1.165, 1.54) is 11.8 Å². The number of amides is 2. The van der Waals surface area contributed by atoms with Crippen molar-refractivity contribution < 1.29 is 9.59 Å². The quantitative estimate of drug-likeness (QED) is 0.790. The SMILES string of the molecule is CCN(CC(=O)NC(C)(C)C)C(=O)c1cccc(-n2ccnc2SC)c1. The molecule has 26 heavy (non-hydrogen) atoms. The van der Waals surface area contributed by atoms with Crippen LogP contribution in [0.3, 0.4) is 0 Å². The van der Waals surface area contributed by atoms with Gasteiger partial charge in [-0.3, -0.25) is 14.2 Å². The van der Waals surface area contributed by atoms with Crippen LogP contribution >= 0.6 is 11.8 Å². The Morgan fingerprint density at radius 2 is 2.04 bits per heavy atom. The highest BCUT2D eigenvalue weighted by atomic mass is 32.2. The van der Waals surface area contributed by atoms with Crippen LogP contribution in [0.5, 0.6) is 0 Å². The lowest BCUT2D eigenvalue weighted by Crippen LogP contribution is -2.47. The van der Waals surface area contributed by atoms with Gasteiger partial charge in [0.1, 0.15) is 0 Å². The fourth-order valence-electron chi connectivity index (χ4n) is 2.57. The van der Waals surface area contributed by atoms with E-state index in [4.69, 9.17) is 0 Å². The lowest BCUT2D eigenvalue weighted by atomic mass is 10.1. The number of carbonyl (C=O) groups is 2. The normalized spacial score (nSPS) is 11.3. The second-order valence-corrected chi connectivity index (χ2v) is 7.73. The summed E-state index contributed by atoms with van der Waals surface area (Å²) in [4.78, 5) is 30.9. The molecule has 0 aliphatic carbocycles. The Morgan fingerprint density at radius 1 is 1.31 bits per heavy atom. The number of carbonyl (C=O) groups excluding carboxylic acids is 2. The number of hydrogen-bond donors (Lipinski definition) is 1. The van der Waals surface area contributed by atoms with Gasteiger partial charge in [-0.05, 0) is 52.1 Å². The van der Waals surface area contributed by atoms with Crippen molar-refractivity contribution in [1.29, 1.82) is 0 Å². The minimum absolute atomic E-state index is 0.0397. The largest absolute Gasteiger partial charge is 0.350 e. The van der Waals surface area contributed by atoms with Crippen LogP contribution in [0.1, 0.15) is 38.1 Å². The molecule has 1 heterocycles. The Labute approximate surface area is 159 Å². The summed E-state index contributed by atoms with van der Waals surface area (Å²) < 4.78 is 1.93. The Morgan fingerprint density at radius 3 is 2.65 bits per heavy atom. The van der Waals surface area contributed by atoms with Crippen molar-refractivity contribution in [3.05, 3.63) is 42.2 Å². The van der Waals surface area contributed by atoms with E-state index in [-0.39, 0.29) is 23.9 Å². The first kappa shape index (κ1) is 20.0. The van der Waals surface area contributed by atoms with Gasteiger partial charge in [0.05, 0.1) is 6.54 Å². The first-order valence-corrected chi connectivity index (χ1v) is 9.75. The van der Waals surface area contributed by atoms with Crippen LogP contribution in [0.25, 0.3) is 5.69 Å². The molecule has 2 aromatic rings. The molecule has 0 radical (unpaired) electrons. The zero-order chi connectivity index (χ0) is 19.3. The summed E-state index contributed by atoms with van der Waals surface area (Å²) in [6.45, 7) is 8.12. The number of thioether (sulfide) groups is 1. The maximum absolute atomic E-state index is 12.9. The van der Waals surface area contributed by atoms with Gasteiger partial charge in [-0.25, -0.2) is 4.98 Å². The van der Waals surface area contributed by atoms with E-state index < -0.39 is 0 Å². The molecular weight excluding hydrogens is 348 g/mol. The van der Waals surface area contributed by atoms with Crippen LogP contribution in [0.2, 0.25) is 0 Å². The van der Waals surface area contributed by atoms with Crippen molar-refractivity contribution in [2.45, 2.75) is 38.4 Å². The summed E-state index contributed by atoms with van der Waals surface area (Å²) in [5, 5.41) is 3.74. The van der Waals surface area contributed by atoms with Crippen molar-refractivity contribution in [2.24, 2.45) is 0 Å². The van der Waals surface area contributed by atoms with Gasteiger partial charge < -0.3 is 10.2 Å². The number of rotatable bonds is 6. The van der Waals surface area contributed by atoms with Gasteiger partial charge in [-0.15, -0.1) is 0 Å². The van der Waals surface area contributed by atoms with Crippen molar-refractivity contribution in [3.63, 3.8) is 0 Å². The summed E-state index contributed by atoms with van der Waals surface area (Å²) in [5.74, 6) is -0.327. The molecule has 0 saturated heterocycles. The van der Waals surface area contributed by atoms with E-state index in [1.54, 1.807) is 17.2 Å². The summed E-state index contributed by atoms with van der Waals surface area (Å²) in [5.41, 5.74) is 1.09. The molecule has 2 amide bonds. The van der Waals surface area contributed by atoms with Crippen LogP contribution in [0.4, 0.5) is 0 Å². The van der Waals surface area contributed by atoms with E-state index in [0.717, 1.165) is 10.8 Å². The van der Waals surface area contributed by atoms with Crippen molar-refractivity contribution in [3.8, 4) is 5.69 Å². The minimum atomic E-state index is -0.324. The highest BCUT2D eigenvalue weighted by Crippen LogP contribution is 2.19. The van der Waals surface area contributed by atoms with Crippen LogP contribution in [0.15, 0.2) is 41.8 Å². The Kier molecular flexibility index (Phi) is 6.47. The van der Waals surface area contributed by atoms with Gasteiger partial charge in [0, 0.05) is 35.7 Å². The van der Waals surface area contributed by atoms with Crippen LogP contribution < -0.4 is 5.32 Å². The third-order valence-corrected chi connectivity index (χ3v) is 4.35. The summed E-state index contributed by atoms with van der Waals surface area (Å²) in [6, 6.07) is 7.37. The fraction of sp³-hybridized carbons (Fsp3) is 0.421. The lowest BCUT2D eigenvalue weighted by Gasteiger charge is -2.25. The standard InChI is InChI=1S/C19H26N4O2S/c1-6-22(13-16(24)21-19(2,3)4)17(25)14-8-7-9-15(12-14)23-11-10-20-18(23)26-5/h7-12H,6,13H2,1-5H3,(H,21,24). The van der Waals surface area contributed by atoms with Gasteiger partial charge in [-0.2, -0.15) is 0 Å². The average molecular weight is 375 g/mol. The van der Waals surface area contributed by atoms with Crippen molar-refractivity contribution in [2.75, 3.05) is 19.3 Å². The third kappa shape index (κ3) is 5.11. The molecular formula is C19H26N4O2S. The molecule has 7 heteroatoms. The lowest BCUT2D eigenvalue weighted by molar-refractivity contribution is -0.123. The molecule has 2 rings (SSSR count). The molecule has 6 nitrogen and oxygen atoms in total. The number of imidazole rings is 1. The van der Waals surface area contributed by atoms with Gasteiger partial charge >= 0.3 is 0 Å². The Hall–Kier alpha value is -2.28. The molecule has 1 aromatic heterocycles. The molecule has 140 valence electrons. The maximum Gasteiger partial charge on any atom is 0.254 e. The average Bonchev–Trinajstić information content (AvgIpc) is 3.06. The molecule has 0 bridgehead atoms. The van der Waals surface area contributed by atoms with Gasteiger partial charge in [0.2, 0.25) is 5.91 Å². The highest BCUT2D eigenvalue weighted by Gasteiger charge is 2.20. The second-order valence-electron chi connectivity index (χ2n) is 6.95. The molecule has 0 unspecified atom stereocenters. The molecule has 1 N–H and O–H groups in total. The monoisotopic (exact) mass is 374 g/mol. The summed E-state index contributed by atoms with van der Waals surface area (Å²) in [6.07, 6.45) is 5.56. The zero-order valence-electron chi connectivity index (χ0n) is 15.9. The van der Waals surface area contributed by atoms with Gasteiger partial charge in [-0.1, -0.05) is 17.8 Å². The van der Waals surface area contributed by atoms with Crippen molar-refractivity contribution in [1.82, 2.24) is 19.8 Å². The first-order valence-electron chi connectivity index (χ1n) is 8.53. The molecule has 0 saturated carbocycles. The Balaban J connectivity index is 2.20. The Bertz CT molecular complexity index is 780. The van der Waals surface area contributed by atoms with E-state index >= 15 is 0 Å².